The van der Waals surface area contributed by atoms with Crippen LogP contribution in [0, 0.1) is 0 Å². The summed E-state index contributed by atoms with van der Waals surface area (Å²) in [6, 6.07) is 17.0. The van der Waals surface area contributed by atoms with Crippen LogP contribution in [0.5, 0.6) is 0 Å². The van der Waals surface area contributed by atoms with E-state index in [1.54, 1.807) is 0 Å². The summed E-state index contributed by atoms with van der Waals surface area (Å²) in [5, 5.41) is 4.52. The Labute approximate surface area is 185 Å². The third-order valence-corrected chi connectivity index (χ3v) is 4.94. The first kappa shape index (κ1) is 23.2. The van der Waals surface area contributed by atoms with Crippen molar-refractivity contribution in [1.82, 2.24) is 0 Å². The van der Waals surface area contributed by atoms with Gasteiger partial charge in [-0.2, -0.15) is 0 Å². The van der Waals surface area contributed by atoms with Crippen LogP contribution in [-0.2, 0) is 27.4 Å². The van der Waals surface area contributed by atoms with Gasteiger partial charge in [0.25, 0.3) is 0 Å². The molecule has 0 fully saturated rings. The number of halogens is 2. The number of nitrogens with zero attached hydrogens (tertiary/aromatic N) is 1. The monoisotopic (exact) mass is 450 g/mol. The van der Waals surface area contributed by atoms with E-state index in [-0.39, 0.29) is 11.8 Å². The second-order valence-corrected chi connectivity index (χ2v) is 10.0. The van der Waals surface area contributed by atoms with Gasteiger partial charge in [-0.05, 0) is 30.0 Å². The van der Waals surface area contributed by atoms with Crippen molar-refractivity contribution in [2.45, 2.75) is 52.0 Å². The summed E-state index contributed by atoms with van der Waals surface area (Å²) in [4.78, 5) is 12.1. The van der Waals surface area contributed by atoms with E-state index in [9.17, 15) is 4.79 Å². The summed E-state index contributed by atoms with van der Waals surface area (Å²) in [5.74, 6) is 0.226. The summed E-state index contributed by atoms with van der Waals surface area (Å²) in [6.07, 6.45) is 3.61. The molecule has 5 heteroatoms. The maximum absolute atomic E-state index is 12.1. The molecule has 0 N–H and O–H groups in total. The summed E-state index contributed by atoms with van der Waals surface area (Å²) < 4.78 is 0. The number of carbonyl (C=O) groups excluding carboxylic acids is 1. The van der Waals surface area contributed by atoms with E-state index in [0.717, 1.165) is 12.0 Å². The van der Waals surface area contributed by atoms with Gasteiger partial charge in [-0.1, -0.05) is 98.5 Å². The molecule has 0 saturated carbocycles. The van der Waals surface area contributed by atoms with Gasteiger partial charge in [-0.3, -0.25) is 0 Å². The number of benzene rings is 2. The van der Waals surface area contributed by atoms with Gasteiger partial charge in [-0.25, -0.2) is 0 Å². The van der Waals surface area contributed by atoms with Crippen LogP contribution in [-0.4, -0.2) is 5.91 Å². The van der Waals surface area contributed by atoms with Crippen LogP contribution < -0.4 is 0 Å². The molecule has 0 aromatic heterocycles. The van der Waals surface area contributed by atoms with Crippen molar-refractivity contribution in [1.29, 1.82) is 0 Å². The summed E-state index contributed by atoms with van der Waals surface area (Å²) in [6.45, 7) is 8.28. The first-order valence-corrected chi connectivity index (χ1v) is 13.7. The summed E-state index contributed by atoms with van der Waals surface area (Å²) in [7, 11) is 9.78. The molecule has 1 atom stereocenters. The number of amides is 1. The first-order valence-electron chi connectivity index (χ1n) is 9.44. The zero-order chi connectivity index (χ0) is 20.7. The molecule has 1 unspecified atom stereocenters. The topological polar surface area (TPSA) is 31.2 Å². The van der Waals surface area contributed by atoms with Gasteiger partial charge in [0.15, 0.2) is 0 Å². The van der Waals surface area contributed by atoms with E-state index < -0.39 is 22.6 Å². The summed E-state index contributed by atoms with van der Waals surface area (Å²) >= 11 is -0.556. The molecule has 3 rings (SSSR count). The third kappa shape index (κ3) is 5.51. The fourth-order valence-corrected chi connectivity index (χ4v) is 3.84. The number of hydrogen-bond donors (Lipinski definition) is 0. The molecule has 2 nitrogen and oxygen atoms in total. The number of carbonyl (C=O) groups is 1. The Morgan fingerprint density at radius 1 is 1.07 bits per heavy atom. The fraction of sp³-hybridized carbons (Fsp3) is 0.348. The Balaban J connectivity index is 0.000000878. The van der Waals surface area contributed by atoms with Gasteiger partial charge in [0.1, 0.15) is 0 Å². The Hall–Kier alpha value is -1.06. The normalized spacial score (nSPS) is 15.1. The molecule has 1 aliphatic rings. The SMILES string of the molecule is CCCC(=O)[N-]C(C)(C)c1ccccc1C1C(C)=Cc2ccccc21.[Cl][Ti][Cl]. The Bertz CT molecular complexity index is 848. The molecule has 148 valence electrons. The molecular weight excluding hydrogens is 425 g/mol. The van der Waals surface area contributed by atoms with E-state index in [0.29, 0.717) is 6.42 Å². The van der Waals surface area contributed by atoms with Gasteiger partial charge in [-0.15, -0.1) is 0 Å². The maximum atomic E-state index is 12.1. The van der Waals surface area contributed by atoms with Gasteiger partial charge in [0.05, 0.1) is 5.91 Å². The summed E-state index contributed by atoms with van der Waals surface area (Å²) in [5.41, 5.74) is 5.82. The zero-order valence-corrected chi connectivity index (χ0v) is 19.9. The third-order valence-electron chi connectivity index (χ3n) is 4.94. The van der Waals surface area contributed by atoms with E-state index in [1.165, 1.54) is 22.3 Å². The van der Waals surface area contributed by atoms with Crippen molar-refractivity contribution in [2.24, 2.45) is 0 Å². The fourth-order valence-electron chi connectivity index (χ4n) is 3.84. The minimum atomic E-state index is -0.556. The Morgan fingerprint density at radius 3 is 2.29 bits per heavy atom. The molecule has 0 saturated heterocycles. The second-order valence-electron chi connectivity index (χ2n) is 7.42. The number of fused-ring (bicyclic) bond motifs is 1. The van der Waals surface area contributed by atoms with Crippen molar-refractivity contribution in [3.05, 3.63) is 81.7 Å². The van der Waals surface area contributed by atoms with Gasteiger partial charge >= 0.3 is 35.6 Å². The minimum absolute atomic E-state index is 0.0126. The molecule has 28 heavy (non-hydrogen) atoms. The average molecular weight is 451 g/mol. The Kier molecular flexibility index (Phi) is 8.83. The van der Waals surface area contributed by atoms with E-state index in [2.05, 4.69) is 60.8 Å². The van der Waals surface area contributed by atoms with Crippen LogP contribution in [0.15, 0.2) is 54.1 Å². The van der Waals surface area contributed by atoms with Gasteiger partial charge in [0.2, 0.25) is 0 Å². The number of allylic oxidation sites excluding steroid dienone is 1. The molecule has 0 aliphatic heterocycles. The van der Waals surface area contributed by atoms with Gasteiger partial charge in [0, 0.05) is 5.92 Å². The predicted molar refractivity (Wildman–Crippen MR) is 116 cm³/mol. The van der Waals surface area contributed by atoms with Crippen LogP contribution in [0.1, 0.15) is 68.7 Å². The molecule has 0 spiro atoms. The van der Waals surface area contributed by atoms with Crippen molar-refractivity contribution < 1.29 is 21.8 Å². The predicted octanol–water partition coefficient (Wildman–Crippen LogP) is 7.55. The average Bonchev–Trinajstić information content (AvgIpc) is 2.97. The molecule has 1 aliphatic carbocycles. The van der Waals surface area contributed by atoms with Crippen LogP contribution >= 0.6 is 18.6 Å². The second kappa shape index (κ2) is 10.6. The first-order chi connectivity index (χ1) is 13.4. The van der Waals surface area contributed by atoms with Crippen molar-refractivity contribution in [3.8, 4) is 0 Å². The van der Waals surface area contributed by atoms with Crippen LogP contribution in [0.25, 0.3) is 11.4 Å². The van der Waals surface area contributed by atoms with Crippen molar-refractivity contribution >= 4 is 30.6 Å². The van der Waals surface area contributed by atoms with E-state index in [1.807, 2.05) is 26.8 Å². The molecule has 2 aromatic rings. The van der Waals surface area contributed by atoms with Crippen LogP contribution in [0.2, 0.25) is 0 Å². The standard InChI is InChI=1S/C23H27NO.2ClH.Ti/c1-5-10-21(25)24-23(3,4)20-14-9-8-13-19(20)22-16(2)15-17-11-6-7-12-18(17)22;;;/h6-9,11-15,22H,5,10H2,1-4H3,(H,24,25);2*1H;/q;;;+2/p-3. The van der Waals surface area contributed by atoms with Crippen molar-refractivity contribution in [2.75, 3.05) is 0 Å². The molecule has 0 radical (unpaired) electrons. The number of rotatable bonds is 5. The molecular formula is C23H26Cl2NOTi-. The Morgan fingerprint density at radius 2 is 1.64 bits per heavy atom. The number of hydrogen-bond acceptors (Lipinski definition) is 1. The van der Waals surface area contributed by atoms with E-state index in [4.69, 9.17) is 18.6 Å². The zero-order valence-electron chi connectivity index (χ0n) is 16.8. The quantitative estimate of drug-likeness (QED) is 0.432. The van der Waals surface area contributed by atoms with Crippen LogP contribution in [0.3, 0.4) is 0 Å². The van der Waals surface area contributed by atoms with Crippen molar-refractivity contribution in [3.63, 3.8) is 0 Å². The molecule has 2 aromatic carbocycles. The molecule has 0 heterocycles. The van der Waals surface area contributed by atoms with Crippen LogP contribution in [0.4, 0.5) is 0 Å². The van der Waals surface area contributed by atoms with Gasteiger partial charge < -0.3 is 10.1 Å². The molecule has 1 amide bonds. The molecule has 0 bridgehead atoms. The van der Waals surface area contributed by atoms with E-state index >= 15 is 0 Å².